The summed E-state index contributed by atoms with van der Waals surface area (Å²) in [6.07, 6.45) is 3.34. The Labute approximate surface area is 103 Å². The molecule has 0 aliphatic rings. The van der Waals surface area contributed by atoms with Crippen LogP contribution in [-0.2, 0) is 0 Å². The average molecular weight is 282 g/mol. The van der Waals surface area contributed by atoms with Crippen molar-refractivity contribution in [2.45, 2.75) is 16.1 Å². The summed E-state index contributed by atoms with van der Waals surface area (Å²) in [5.41, 5.74) is 0. The minimum absolute atomic E-state index is 0.240. The molecule has 3 unspecified atom stereocenters. The molecule has 0 saturated carbocycles. The summed E-state index contributed by atoms with van der Waals surface area (Å²) in [5.74, 6) is 0.330. The Morgan fingerprint density at radius 2 is 1.77 bits per heavy atom. The van der Waals surface area contributed by atoms with E-state index in [0.29, 0.717) is 10.9 Å². The average Bonchev–Trinajstić information content (AvgIpc) is 2.11. The molecule has 0 aromatic rings. The number of allylic oxidation sites excluding steroid dienone is 3. The summed E-state index contributed by atoms with van der Waals surface area (Å²) in [7, 11) is 0. The molecule has 0 heterocycles. The first-order chi connectivity index (χ1) is 5.99. The zero-order chi connectivity index (χ0) is 10.4. The maximum atomic E-state index is 5.86. The van der Waals surface area contributed by atoms with Crippen LogP contribution in [0.25, 0.3) is 0 Å². The lowest BCUT2D eigenvalue weighted by molar-refractivity contribution is 1.04. The van der Waals surface area contributed by atoms with Gasteiger partial charge in [-0.2, -0.15) is 0 Å². The number of halogens is 5. The lowest BCUT2D eigenvalue weighted by atomic mass is 10.2. The SMILES string of the molecule is C=C(Cl)C(Cl)C(Cl)C=CC(Cl)CCl. The predicted octanol–water partition coefficient (Wildman–Crippen LogP) is 4.36. The summed E-state index contributed by atoms with van der Waals surface area (Å²) in [4.78, 5) is 0. The Morgan fingerprint density at radius 3 is 2.15 bits per heavy atom. The summed E-state index contributed by atoms with van der Waals surface area (Å²) >= 11 is 28.4. The van der Waals surface area contributed by atoms with Crippen molar-refractivity contribution in [3.63, 3.8) is 0 Å². The number of hydrogen-bond acceptors (Lipinski definition) is 0. The molecule has 0 aliphatic carbocycles. The van der Waals surface area contributed by atoms with Gasteiger partial charge < -0.3 is 0 Å². The van der Waals surface area contributed by atoms with Gasteiger partial charge in [0.05, 0.1) is 16.1 Å². The largest absolute Gasteiger partial charge is 0.125 e. The van der Waals surface area contributed by atoms with Gasteiger partial charge in [0.2, 0.25) is 0 Å². The summed E-state index contributed by atoms with van der Waals surface area (Å²) < 4.78 is 0. The number of hydrogen-bond donors (Lipinski definition) is 0. The Balaban J connectivity index is 4.05. The van der Waals surface area contributed by atoms with E-state index in [-0.39, 0.29) is 5.38 Å². The molecule has 0 bridgehead atoms. The number of rotatable bonds is 5. The summed E-state index contributed by atoms with van der Waals surface area (Å²) in [6.45, 7) is 3.48. The lowest BCUT2D eigenvalue weighted by Crippen LogP contribution is -2.12. The highest BCUT2D eigenvalue weighted by atomic mass is 35.5. The Hall–Kier alpha value is 0.930. The van der Waals surface area contributed by atoms with Crippen molar-refractivity contribution >= 4 is 58.0 Å². The fraction of sp³-hybridized carbons (Fsp3) is 0.500. The first kappa shape index (κ1) is 13.9. The van der Waals surface area contributed by atoms with E-state index < -0.39 is 10.8 Å². The van der Waals surface area contributed by atoms with Gasteiger partial charge in [0.15, 0.2) is 0 Å². The molecule has 0 saturated heterocycles. The molecule has 0 spiro atoms. The molecule has 0 aromatic carbocycles. The van der Waals surface area contributed by atoms with Gasteiger partial charge in [0.25, 0.3) is 0 Å². The molecule has 0 rings (SSSR count). The molecule has 0 nitrogen and oxygen atoms in total. The molecule has 13 heavy (non-hydrogen) atoms. The second-order valence-electron chi connectivity index (χ2n) is 2.35. The van der Waals surface area contributed by atoms with Gasteiger partial charge >= 0.3 is 0 Å². The topological polar surface area (TPSA) is 0 Å². The third kappa shape index (κ3) is 6.09. The van der Waals surface area contributed by atoms with Crippen LogP contribution in [0.2, 0.25) is 0 Å². The van der Waals surface area contributed by atoms with Crippen LogP contribution >= 0.6 is 58.0 Å². The molecule has 0 radical (unpaired) electrons. The first-order valence-electron chi connectivity index (χ1n) is 3.49. The van der Waals surface area contributed by atoms with Crippen molar-refractivity contribution in [3.05, 3.63) is 23.8 Å². The smallest absolute Gasteiger partial charge is 0.0884 e. The van der Waals surface area contributed by atoms with Crippen LogP contribution in [0, 0.1) is 0 Å². The third-order valence-electron chi connectivity index (χ3n) is 1.23. The fourth-order valence-electron chi connectivity index (χ4n) is 0.548. The van der Waals surface area contributed by atoms with Gasteiger partial charge in [0, 0.05) is 10.9 Å². The van der Waals surface area contributed by atoms with E-state index in [1.54, 1.807) is 12.2 Å². The van der Waals surface area contributed by atoms with Crippen molar-refractivity contribution in [1.82, 2.24) is 0 Å². The molecule has 5 heteroatoms. The Bertz CT molecular complexity index is 189. The quantitative estimate of drug-likeness (QED) is 0.519. The van der Waals surface area contributed by atoms with Crippen LogP contribution in [0.3, 0.4) is 0 Å². The van der Waals surface area contributed by atoms with Gasteiger partial charge in [-0.1, -0.05) is 30.3 Å². The third-order valence-corrected chi connectivity index (χ3v) is 3.43. The molecule has 0 aromatic heterocycles. The normalized spacial score (nSPS) is 18.5. The van der Waals surface area contributed by atoms with Gasteiger partial charge in [-0.05, 0) is 0 Å². The van der Waals surface area contributed by atoms with Gasteiger partial charge in [0.1, 0.15) is 0 Å². The van der Waals surface area contributed by atoms with E-state index in [0.717, 1.165) is 0 Å². The molecule has 0 amide bonds. The predicted molar refractivity (Wildman–Crippen MR) is 63.8 cm³/mol. The van der Waals surface area contributed by atoms with Gasteiger partial charge in [-0.3, -0.25) is 0 Å². The van der Waals surface area contributed by atoms with Crippen LogP contribution < -0.4 is 0 Å². The van der Waals surface area contributed by atoms with E-state index in [2.05, 4.69) is 6.58 Å². The van der Waals surface area contributed by atoms with E-state index in [9.17, 15) is 0 Å². The molecular weight excluding hydrogens is 273 g/mol. The van der Waals surface area contributed by atoms with Crippen molar-refractivity contribution < 1.29 is 0 Å². The highest BCUT2D eigenvalue weighted by Gasteiger charge is 2.15. The maximum absolute atomic E-state index is 5.86. The van der Waals surface area contributed by atoms with Crippen molar-refractivity contribution in [2.24, 2.45) is 0 Å². The zero-order valence-corrected chi connectivity index (χ0v) is 10.5. The van der Waals surface area contributed by atoms with Crippen LogP contribution in [-0.4, -0.2) is 22.0 Å². The second-order valence-corrected chi connectivity index (χ2v) is 4.68. The molecule has 76 valence electrons. The Kier molecular flexibility index (Phi) is 7.77. The van der Waals surface area contributed by atoms with Crippen LogP contribution in [0.15, 0.2) is 23.8 Å². The van der Waals surface area contributed by atoms with Crippen LogP contribution in [0.5, 0.6) is 0 Å². The molecule has 0 aliphatic heterocycles. The van der Waals surface area contributed by atoms with Gasteiger partial charge in [-0.15, -0.1) is 46.4 Å². The van der Waals surface area contributed by atoms with Crippen molar-refractivity contribution in [3.8, 4) is 0 Å². The molecular formula is C8H9Cl5. The Morgan fingerprint density at radius 1 is 1.23 bits per heavy atom. The highest BCUT2D eigenvalue weighted by molar-refractivity contribution is 6.40. The van der Waals surface area contributed by atoms with E-state index in [4.69, 9.17) is 58.0 Å². The molecule has 0 N–H and O–H groups in total. The minimum Gasteiger partial charge on any atom is -0.125 e. The lowest BCUT2D eigenvalue weighted by Gasteiger charge is -2.10. The van der Waals surface area contributed by atoms with Crippen molar-refractivity contribution in [2.75, 3.05) is 5.88 Å². The highest BCUT2D eigenvalue weighted by Crippen LogP contribution is 2.21. The molecule has 0 fully saturated rings. The van der Waals surface area contributed by atoms with Gasteiger partial charge in [-0.25, -0.2) is 0 Å². The summed E-state index contributed by atoms with van der Waals surface area (Å²) in [6, 6.07) is 0. The zero-order valence-electron chi connectivity index (χ0n) is 6.69. The van der Waals surface area contributed by atoms with Crippen molar-refractivity contribution in [1.29, 1.82) is 0 Å². The minimum atomic E-state index is -0.501. The van der Waals surface area contributed by atoms with E-state index in [1.807, 2.05) is 0 Å². The summed E-state index contributed by atoms with van der Waals surface area (Å²) in [5, 5.41) is -0.853. The standard InChI is InChI=1S/C8H9Cl5/c1-5(10)8(13)7(12)3-2-6(11)4-9/h2-3,6-8H,1,4H2. The van der Waals surface area contributed by atoms with Crippen LogP contribution in [0.1, 0.15) is 0 Å². The maximum Gasteiger partial charge on any atom is 0.0884 e. The number of alkyl halides is 4. The first-order valence-corrected chi connectivity index (χ1v) is 5.72. The van der Waals surface area contributed by atoms with E-state index >= 15 is 0 Å². The van der Waals surface area contributed by atoms with Crippen LogP contribution in [0.4, 0.5) is 0 Å². The monoisotopic (exact) mass is 280 g/mol. The fourth-order valence-corrected chi connectivity index (χ4v) is 1.26. The second kappa shape index (κ2) is 7.25. The molecule has 3 atom stereocenters. The van der Waals surface area contributed by atoms with E-state index in [1.165, 1.54) is 0 Å².